The largest absolute Gasteiger partial charge is 0.493 e. The van der Waals surface area contributed by atoms with Crippen LogP contribution in [0.15, 0.2) is 77.7 Å². The molecule has 0 fully saturated rings. The van der Waals surface area contributed by atoms with Crippen molar-refractivity contribution in [3.8, 4) is 11.5 Å². The van der Waals surface area contributed by atoms with Crippen LogP contribution in [-0.2, 0) is 10.0 Å². The number of fused-ring (bicyclic) bond motifs is 3. The van der Waals surface area contributed by atoms with Crippen LogP contribution in [0.5, 0.6) is 11.5 Å². The Morgan fingerprint density at radius 2 is 1.74 bits per heavy atom. The smallest absolute Gasteiger partial charge is 0.261 e. The van der Waals surface area contributed by atoms with Crippen molar-refractivity contribution in [3.05, 3.63) is 89.8 Å². The van der Waals surface area contributed by atoms with Crippen molar-refractivity contribution in [2.75, 3.05) is 24.3 Å². The van der Waals surface area contributed by atoms with Gasteiger partial charge in [-0.2, -0.15) is 0 Å². The summed E-state index contributed by atoms with van der Waals surface area (Å²) in [5, 5.41) is 3.61. The normalized spacial score (nSPS) is 20.7. The number of methoxy groups -OCH3 is 2. The molecule has 0 amide bonds. The number of allylic oxidation sites excluding steroid dienone is 2. The lowest BCUT2D eigenvalue weighted by Crippen LogP contribution is -2.29. The van der Waals surface area contributed by atoms with E-state index in [0.717, 1.165) is 23.2 Å². The molecule has 1 aliphatic heterocycles. The molecule has 3 aromatic carbocycles. The fourth-order valence-corrected chi connectivity index (χ4v) is 5.94. The molecular weight excluding hydrogens is 455 g/mol. The molecule has 2 aliphatic rings. The first-order chi connectivity index (χ1) is 16.4. The minimum Gasteiger partial charge on any atom is -0.493 e. The van der Waals surface area contributed by atoms with Gasteiger partial charge in [0.15, 0.2) is 11.5 Å². The summed E-state index contributed by atoms with van der Waals surface area (Å²) in [4.78, 5) is 0.168. The Balaban J connectivity index is 1.47. The van der Waals surface area contributed by atoms with Crippen LogP contribution in [0.25, 0.3) is 0 Å². The Labute approximate surface area is 198 Å². The number of hydrogen-bond acceptors (Lipinski definition) is 5. The summed E-state index contributed by atoms with van der Waals surface area (Å²) in [6.07, 6.45) is 5.18. The van der Waals surface area contributed by atoms with Gasteiger partial charge in [0.05, 0.1) is 25.2 Å². The Hall–Kier alpha value is -3.52. The molecule has 0 unspecified atom stereocenters. The number of anilines is 2. The van der Waals surface area contributed by atoms with Gasteiger partial charge in [-0.3, -0.25) is 4.72 Å². The van der Waals surface area contributed by atoms with Gasteiger partial charge in [-0.1, -0.05) is 18.2 Å². The molecule has 1 aliphatic carbocycles. The third kappa shape index (κ3) is 3.98. The molecule has 34 heavy (non-hydrogen) atoms. The average molecular weight is 481 g/mol. The Kier molecular flexibility index (Phi) is 5.69. The predicted molar refractivity (Wildman–Crippen MR) is 130 cm³/mol. The molecule has 0 aromatic heterocycles. The van der Waals surface area contributed by atoms with Crippen molar-refractivity contribution >= 4 is 21.4 Å². The quantitative estimate of drug-likeness (QED) is 0.458. The standard InChI is InChI=1S/C26H25FN2O4S/c1-32-24-13-6-16(14-25(24)33-2)26-21-5-3-4-20(21)22-15-19(11-12-23(22)28-26)34(30,31)29-18-9-7-17(27)8-10-18/h3-4,6-15,20-21,26,28-29H,5H2,1-2H3/t20-,21+,26+/m0/s1. The molecule has 176 valence electrons. The zero-order chi connectivity index (χ0) is 23.9. The third-order valence-corrected chi connectivity index (χ3v) is 7.89. The van der Waals surface area contributed by atoms with Gasteiger partial charge < -0.3 is 14.8 Å². The number of halogens is 1. The topological polar surface area (TPSA) is 76.7 Å². The summed E-state index contributed by atoms with van der Waals surface area (Å²) in [7, 11) is -0.596. The first-order valence-corrected chi connectivity index (χ1v) is 12.5. The minimum absolute atomic E-state index is 0.0344. The van der Waals surface area contributed by atoms with E-state index < -0.39 is 15.8 Å². The van der Waals surface area contributed by atoms with E-state index in [9.17, 15) is 12.8 Å². The van der Waals surface area contributed by atoms with E-state index in [0.29, 0.717) is 17.2 Å². The van der Waals surface area contributed by atoms with Gasteiger partial charge in [0.2, 0.25) is 0 Å². The Morgan fingerprint density at radius 3 is 2.47 bits per heavy atom. The lowest BCUT2D eigenvalue weighted by Gasteiger charge is -2.38. The average Bonchev–Trinajstić information content (AvgIpc) is 3.34. The van der Waals surface area contributed by atoms with Crippen LogP contribution >= 0.6 is 0 Å². The van der Waals surface area contributed by atoms with E-state index in [1.165, 1.54) is 24.3 Å². The number of nitrogens with one attached hydrogen (secondary N) is 2. The highest BCUT2D eigenvalue weighted by atomic mass is 32.2. The molecule has 0 bridgehead atoms. The summed E-state index contributed by atoms with van der Waals surface area (Å²) in [6.45, 7) is 0. The van der Waals surface area contributed by atoms with Crippen molar-refractivity contribution in [2.24, 2.45) is 5.92 Å². The number of sulfonamides is 1. The van der Waals surface area contributed by atoms with Crippen molar-refractivity contribution in [1.82, 2.24) is 0 Å². The molecule has 8 heteroatoms. The number of benzene rings is 3. The van der Waals surface area contributed by atoms with Crippen LogP contribution in [0.4, 0.5) is 15.8 Å². The summed E-state index contributed by atoms with van der Waals surface area (Å²) in [6, 6.07) is 16.3. The SMILES string of the molecule is COc1ccc([C@H]2Nc3ccc(S(=O)(=O)Nc4ccc(F)cc4)cc3[C@H]3C=CC[C@H]32)cc1OC. The molecule has 3 atom stereocenters. The second-order valence-electron chi connectivity index (χ2n) is 8.45. The lowest BCUT2D eigenvalue weighted by atomic mass is 9.77. The molecule has 5 rings (SSSR count). The second kappa shape index (κ2) is 8.68. The highest BCUT2D eigenvalue weighted by molar-refractivity contribution is 7.92. The summed E-state index contributed by atoms with van der Waals surface area (Å²) >= 11 is 0. The molecule has 3 aromatic rings. The van der Waals surface area contributed by atoms with Crippen LogP contribution in [-0.4, -0.2) is 22.6 Å². The third-order valence-electron chi connectivity index (χ3n) is 6.51. The molecule has 1 heterocycles. The van der Waals surface area contributed by atoms with E-state index in [-0.39, 0.29) is 22.8 Å². The van der Waals surface area contributed by atoms with Crippen LogP contribution in [0.3, 0.4) is 0 Å². The molecule has 0 saturated carbocycles. The van der Waals surface area contributed by atoms with Crippen molar-refractivity contribution in [2.45, 2.75) is 23.3 Å². The number of hydrogen-bond donors (Lipinski definition) is 2. The van der Waals surface area contributed by atoms with E-state index >= 15 is 0 Å². The Morgan fingerprint density at radius 1 is 0.971 bits per heavy atom. The van der Waals surface area contributed by atoms with Gasteiger partial charge in [-0.05, 0) is 78.1 Å². The van der Waals surface area contributed by atoms with Crippen LogP contribution < -0.4 is 19.5 Å². The Bertz CT molecular complexity index is 1360. The highest BCUT2D eigenvalue weighted by Gasteiger charge is 2.38. The number of rotatable bonds is 6. The summed E-state index contributed by atoms with van der Waals surface area (Å²) < 4.78 is 52.6. The zero-order valence-electron chi connectivity index (χ0n) is 18.8. The predicted octanol–water partition coefficient (Wildman–Crippen LogP) is 5.47. The van der Waals surface area contributed by atoms with Crippen molar-refractivity contribution in [1.29, 1.82) is 0 Å². The van der Waals surface area contributed by atoms with Crippen molar-refractivity contribution in [3.63, 3.8) is 0 Å². The van der Waals surface area contributed by atoms with Crippen LogP contribution in [0.1, 0.15) is 29.5 Å². The molecule has 0 saturated heterocycles. The van der Waals surface area contributed by atoms with Gasteiger partial charge in [-0.25, -0.2) is 12.8 Å². The van der Waals surface area contributed by atoms with Crippen LogP contribution in [0, 0.1) is 11.7 Å². The fourth-order valence-electron chi connectivity index (χ4n) is 4.85. The maximum Gasteiger partial charge on any atom is 0.261 e. The number of ether oxygens (including phenoxy) is 2. The summed E-state index contributed by atoms with van der Waals surface area (Å²) in [5.41, 5.74) is 3.23. The van der Waals surface area contributed by atoms with E-state index in [4.69, 9.17) is 9.47 Å². The first kappa shape index (κ1) is 22.3. The molecular formula is C26H25FN2O4S. The molecule has 0 radical (unpaired) electrons. The van der Waals surface area contributed by atoms with Gasteiger partial charge >= 0.3 is 0 Å². The van der Waals surface area contributed by atoms with Gasteiger partial charge in [0, 0.05) is 17.3 Å². The second-order valence-corrected chi connectivity index (χ2v) is 10.1. The van der Waals surface area contributed by atoms with Gasteiger partial charge in [0.25, 0.3) is 10.0 Å². The van der Waals surface area contributed by atoms with Gasteiger partial charge in [0.1, 0.15) is 5.82 Å². The minimum atomic E-state index is -3.83. The molecule has 6 nitrogen and oxygen atoms in total. The van der Waals surface area contributed by atoms with E-state index in [2.05, 4.69) is 22.2 Å². The van der Waals surface area contributed by atoms with Crippen molar-refractivity contribution < 1.29 is 22.3 Å². The van der Waals surface area contributed by atoms with E-state index in [1.807, 2.05) is 24.3 Å². The fraction of sp³-hybridized carbons (Fsp3) is 0.231. The first-order valence-electron chi connectivity index (χ1n) is 11.0. The maximum atomic E-state index is 13.2. The zero-order valence-corrected chi connectivity index (χ0v) is 19.6. The highest BCUT2D eigenvalue weighted by Crippen LogP contribution is 2.51. The lowest BCUT2D eigenvalue weighted by molar-refractivity contribution is 0.353. The van der Waals surface area contributed by atoms with Crippen LogP contribution in [0.2, 0.25) is 0 Å². The van der Waals surface area contributed by atoms with Gasteiger partial charge in [-0.15, -0.1) is 0 Å². The van der Waals surface area contributed by atoms with E-state index in [1.54, 1.807) is 26.4 Å². The molecule has 2 N–H and O–H groups in total. The maximum absolute atomic E-state index is 13.2. The summed E-state index contributed by atoms with van der Waals surface area (Å²) in [5.74, 6) is 1.23. The molecule has 0 spiro atoms. The monoisotopic (exact) mass is 480 g/mol.